The molecule has 0 amide bonds. The molecule has 0 fully saturated rings. The zero-order valence-corrected chi connectivity index (χ0v) is 47.1. The minimum atomic E-state index is 0.0330. The van der Waals surface area contributed by atoms with Crippen LogP contribution in [0.4, 0.5) is 0 Å². The summed E-state index contributed by atoms with van der Waals surface area (Å²) in [4.78, 5) is 18.2. The van der Waals surface area contributed by atoms with Crippen LogP contribution < -0.4 is 0 Å². The van der Waals surface area contributed by atoms with E-state index in [1.165, 1.54) is 65.9 Å². The molecule has 6 aromatic carbocycles. The Kier molecular flexibility index (Phi) is 11.0. The van der Waals surface area contributed by atoms with Crippen molar-refractivity contribution < 1.29 is 0 Å². The number of nitrogens with one attached hydrogen (secondary N) is 2. The van der Waals surface area contributed by atoms with Crippen LogP contribution in [0.15, 0.2) is 158 Å². The average molecular weight is 1020 g/mol. The SMILES string of the molecule is CC(C)(C)c1ccc2c(c1)c1cc(C(C)(C)C)ccc1n2-c1ccc(-c2c3nc(cc4ccc([nH]4)c(-c4ccc(-n5c6ccc(C(C)(C)C)cc6c6cc(C(C)(C)C)ccc65)cc4)c4nc(cc5ccc2[nH]5)C=C4)C=C3)cc1. The molecule has 386 valence electrons. The molecule has 2 aliphatic rings. The number of nitrogens with zero attached hydrogens (tertiary/aromatic N) is 4. The molecule has 5 aromatic heterocycles. The molecule has 78 heavy (non-hydrogen) atoms. The van der Waals surface area contributed by atoms with Crippen molar-refractivity contribution in [2.24, 2.45) is 0 Å². The van der Waals surface area contributed by atoms with Crippen molar-refractivity contribution in [2.45, 2.75) is 105 Å². The second kappa shape index (κ2) is 17.5. The number of benzene rings is 6. The normalized spacial score (nSPS) is 13.3. The highest BCUT2D eigenvalue weighted by atomic mass is 15.0. The van der Waals surface area contributed by atoms with Crippen LogP contribution in [0.5, 0.6) is 0 Å². The van der Waals surface area contributed by atoms with Crippen molar-refractivity contribution >= 4 is 90.0 Å². The number of aromatic nitrogens is 6. The van der Waals surface area contributed by atoms with Gasteiger partial charge in [0.25, 0.3) is 0 Å². The van der Waals surface area contributed by atoms with Gasteiger partial charge in [-0.2, -0.15) is 0 Å². The van der Waals surface area contributed by atoms with E-state index in [9.17, 15) is 0 Å². The van der Waals surface area contributed by atoms with E-state index in [0.29, 0.717) is 0 Å². The van der Waals surface area contributed by atoms with Crippen molar-refractivity contribution in [2.75, 3.05) is 0 Å². The summed E-state index contributed by atoms with van der Waals surface area (Å²) in [7, 11) is 0. The third-order valence-corrected chi connectivity index (χ3v) is 16.2. The Hall–Kier alpha value is -8.48. The second-order valence-electron chi connectivity index (χ2n) is 25.9. The Balaban J connectivity index is 0.913. The van der Waals surface area contributed by atoms with Crippen LogP contribution >= 0.6 is 0 Å². The molecule has 11 aromatic rings. The Labute approximate surface area is 457 Å². The highest BCUT2D eigenvalue weighted by Crippen LogP contribution is 2.41. The van der Waals surface area contributed by atoms with E-state index >= 15 is 0 Å². The molecule has 0 saturated carbocycles. The highest BCUT2D eigenvalue weighted by Gasteiger charge is 2.24. The van der Waals surface area contributed by atoms with Crippen molar-refractivity contribution in [1.82, 2.24) is 29.1 Å². The predicted octanol–water partition coefficient (Wildman–Crippen LogP) is 19.4. The standard InChI is InChI=1S/C72H68N6/c1-69(2,3)45-17-33-63-55(37-45)56-38-46(70(4,5)6)18-34-64(56)77(63)53-25-13-43(14-26-53)67-59-29-21-49(73-59)41-51-23-31-61(75-51)68(62-32-24-52(76-62)42-50-22-30-60(67)74-50)44-15-27-54(28-16-44)78-65-35-19-47(71(7,8)9)39-57(65)58-40-48(72(10,11)12)20-36-66(58)78/h13-42,73,76H,1-12H3. The fourth-order valence-corrected chi connectivity index (χ4v) is 11.7. The summed E-state index contributed by atoms with van der Waals surface area (Å²) in [6, 6.07) is 59.0. The lowest BCUT2D eigenvalue weighted by atomic mass is 9.85. The first-order chi connectivity index (χ1) is 37.1. The molecule has 2 aliphatic heterocycles. The lowest BCUT2D eigenvalue weighted by Crippen LogP contribution is -2.10. The van der Waals surface area contributed by atoms with Gasteiger partial charge >= 0.3 is 0 Å². The molecule has 0 saturated heterocycles. The zero-order chi connectivity index (χ0) is 54.2. The maximum atomic E-state index is 5.30. The van der Waals surface area contributed by atoms with E-state index in [1.54, 1.807) is 0 Å². The average Bonchev–Trinajstić information content (AvgIpc) is 4.39. The van der Waals surface area contributed by atoms with Gasteiger partial charge in [0.05, 0.1) is 44.8 Å². The molecular weight excluding hydrogens is 949 g/mol. The summed E-state index contributed by atoms with van der Waals surface area (Å²) in [5.41, 5.74) is 24.2. The first-order valence-electron chi connectivity index (χ1n) is 27.6. The maximum Gasteiger partial charge on any atom is 0.0736 e. The van der Waals surface area contributed by atoms with E-state index < -0.39 is 0 Å². The molecule has 0 aliphatic carbocycles. The van der Waals surface area contributed by atoms with Gasteiger partial charge in [-0.25, -0.2) is 9.97 Å². The third-order valence-electron chi connectivity index (χ3n) is 16.2. The molecule has 0 spiro atoms. The number of aromatic amines is 2. The minimum absolute atomic E-state index is 0.0330. The van der Waals surface area contributed by atoms with E-state index in [2.05, 4.69) is 284 Å². The summed E-state index contributed by atoms with van der Waals surface area (Å²) < 4.78 is 4.85. The van der Waals surface area contributed by atoms with Gasteiger partial charge in [-0.3, -0.25) is 0 Å². The second-order valence-corrected chi connectivity index (χ2v) is 25.9. The van der Waals surface area contributed by atoms with Gasteiger partial charge in [0.2, 0.25) is 0 Å². The van der Waals surface area contributed by atoms with Gasteiger partial charge in [-0.1, -0.05) is 132 Å². The van der Waals surface area contributed by atoms with E-state index in [4.69, 9.17) is 9.97 Å². The van der Waals surface area contributed by atoms with Gasteiger partial charge in [0.15, 0.2) is 0 Å². The van der Waals surface area contributed by atoms with Crippen LogP contribution in [0.3, 0.4) is 0 Å². The fourth-order valence-electron chi connectivity index (χ4n) is 11.7. The van der Waals surface area contributed by atoms with Crippen molar-refractivity contribution in [3.05, 3.63) is 203 Å². The zero-order valence-electron chi connectivity index (χ0n) is 47.1. The molecule has 8 bridgehead atoms. The molecule has 0 radical (unpaired) electrons. The van der Waals surface area contributed by atoms with Crippen LogP contribution in [-0.2, 0) is 21.7 Å². The van der Waals surface area contributed by atoms with Crippen molar-refractivity contribution in [3.8, 4) is 33.6 Å². The molecule has 2 N–H and O–H groups in total. The third kappa shape index (κ3) is 8.50. The van der Waals surface area contributed by atoms with Gasteiger partial charge in [0, 0.05) is 66.1 Å². The topological polar surface area (TPSA) is 67.2 Å². The number of hydrogen-bond acceptors (Lipinski definition) is 2. The van der Waals surface area contributed by atoms with Crippen LogP contribution in [0.25, 0.3) is 124 Å². The Morgan fingerprint density at radius 3 is 0.923 bits per heavy atom. The quantitative estimate of drug-likeness (QED) is 0.184. The first kappa shape index (κ1) is 49.1. The summed E-state index contributed by atoms with van der Waals surface area (Å²) in [6.45, 7) is 27.5. The highest BCUT2D eigenvalue weighted by molar-refractivity contribution is 6.11. The van der Waals surface area contributed by atoms with Crippen LogP contribution in [-0.4, -0.2) is 29.1 Å². The van der Waals surface area contributed by atoms with Gasteiger partial charge in [-0.15, -0.1) is 0 Å². The summed E-state index contributed by atoms with van der Waals surface area (Å²) in [5.74, 6) is 0. The molecule has 6 nitrogen and oxygen atoms in total. The van der Waals surface area contributed by atoms with Crippen LogP contribution in [0.1, 0.15) is 128 Å². The molecule has 13 rings (SSSR count). The number of fused-ring (bicyclic) bond motifs is 14. The van der Waals surface area contributed by atoms with E-state index in [1.807, 2.05) is 0 Å². The van der Waals surface area contributed by atoms with Gasteiger partial charge in [0.1, 0.15) is 0 Å². The Morgan fingerprint density at radius 1 is 0.321 bits per heavy atom. The molecule has 0 atom stereocenters. The van der Waals surface area contributed by atoms with Crippen LogP contribution in [0, 0.1) is 0 Å². The van der Waals surface area contributed by atoms with Gasteiger partial charge < -0.3 is 19.1 Å². The first-order valence-corrected chi connectivity index (χ1v) is 27.6. The summed E-state index contributed by atoms with van der Waals surface area (Å²) in [5, 5.41) is 5.13. The van der Waals surface area contributed by atoms with E-state index in [0.717, 1.165) is 78.5 Å². The number of rotatable bonds is 4. The van der Waals surface area contributed by atoms with Crippen molar-refractivity contribution in [3.63, 3.8) is 0 Å². The molecular formula is C72H68N6. The summed E-state index contributed by atoms with van der Waals surface area (Å²) in [6.07, 6.45) is 8.51. The lowest BCUT2D eigenvalue weighted by Gasteiger charge is -2.19. The number of hydrogen-bond donors (Lipinski definition) is 2. The molecule has 0 unspecified atom stereocenters. The smallest absolute Gasteiger partial charge is 0.0736 e. The monoisotopic (exact) mass is 1020 g/mol. The maximum absolute atomic E-state index is 5.30. The van der Waals surface area contributed by atoms with E-state index in [-0.39, 0.29) is 21.7 Å². The van der Waals surface area contributed by atoms with Gasteiger partial charge in [-0.05, 0) is 189 Å². The Morgan fingerprint density at radius 2 is 0.628 bits per heavy atom. The summed E-state index contributed by atoms with van der Waals surface area (Å²) >= 11 is 0. The predicted molar refractivity (Wildman–Crippen MR) is 333 cm³/mol. The molecule has 7 heterocycles. The van der Waals surface area contributed by atoms with Crippen LogP contribution in [0.2, 0.25) is 0 Å². The number of H-pyrrole nitrogens is 2. The van der Waals surface area contributed by atoms with Crippen molar-refractivity contribution in [1.29, 1.82) is 0 Å². The largest absolute Gasteiger partial charge is 0.355 e. The minimum Gasteiger partial charge on any atom is -0.355 e. The molecule has 6 heteroatoms. The fraction of sp³-hybridized carbons (Fsp3) is 0.222. The lowest BCUT2D eigenvalue weighted by molar-refractivity contribution is 0.590. The Bertz CT molecular complexity index is 4060.